The summed E-state index contributed by atoms with van der Waals surface area (Å²) in [6.07, 6.45) is 1.95. The van der Waals surface area contributed by atoms with Gasteiger partial charge >= 0.3 is 5.97 Å². The number of carbonyl (C=O) groups is 1. The van der Waals surface area contributed by atoms with E-state index in [1.54, 1.807) is 34.9 Å². The van der Waals surface area contributed by atoms with Gasteiger partial charge in [0.1, 0.15) is 11.5 Å². The van der Waals surface area contributed by atoms with Gasteiger partial charge in [0, 0.05) is 16.6 Å². The SMILES string of the molecule is CCCc1ccc(-n2c(O)c(N=Nc3cccc(-c4cccc(C(=O)O)c4)c3O)c3cc(F)ccc32)cc1. The number of azo groups is 1. The lowest BCUT2D eigenvalue weighted by Crippen LogP contribution is -1.95. The molecule has 0 saturated heterocycles. The molecule has 0 aliphatic carbocycles. The molecule has 8 heteroatoms. The van der Waals surface area contributed by atoms with Crippen molar-refractivity contribution in [2.24, 2.45) is 10.2 Å². The highest BCUT2D eigenvalue weighted by Crippen LogP contribution is 2.43. The van der Waals surface area contributed by atoms with E-state index >= 15 is 0 Å². The molecular weight excluding hydrogens is 485 g/mol. The van der Waals surface area contributed by atoms with Crippen molar-refractivity contribution in [2.45, 2.75) is 19.8 Å². The minimum absolute atomic E-state index is 0.0508. The fraction of sp³-hybridized carbons (Fsp3) is 0.100. The van der Waals surface area contributed by atoms with Gasteiger partial charge in [-0.25, -0.2) is 9.18 Å². The Balaban J connectivity index is 1.59. The number of benzene rings is 4. The van der Waals surface area contributed by atoms with Crippen LogP contribution in [0.2, 0.25) is 0 Å². The number of aromatic nitrogens is 1. The number of carboxylic acids is 1. The first kappa shape index (κ1) is 24.7. The number of aryl methyl sites for hydroxylation is 1. The van der Waals surface area contributed by atoms with Crippen molar-refractivity contribution in [3.05, 3.63) is 102 Å². The lowest BCUT2D eigenvalue weighted by Gasteiger charge is -2.08. The monoisotopic (exact) mass is 509 g/mol. The summed E-state index contributed by atoms with van der Waals surface area (Å²) in [4.78, 5) is 11.4. The van der Waals surface area contributed by atoms with E-state index in [-0.39, 0.29) is 28.6 Å². The Labute approximate surface area is 217 Å². The third-order valence-electron chi connectivity index (χ3n) is 6.30. The molecule has 1 heterocycles. The van der Waals surface area contributed by atoms with E-state index in [9.17, 15) is 24.5 Å². The summed E-state index contributed by atoms with van der Waals surface area (Å²) >= 11 is 0. The number of nitrogens with zero attached hydrogens (tertiary/aromatic N) is 3. The number of phenolic OH excluding ortho intramolecular Hbond substituents is 1. The molecule has 0 spiro atoms. The lowest BCUT2D eigenvalue weighted by molar-refractivity contribution is 0.0697. The van der Waals surface area contributed by atoms with Gasteiger partial charge in [-0.05, 0) is 66.1 Å². The van der Waals surface area contributed by atoms with Gasteiger partial charge in [0.2, 0.25) is 5.88 Å². The van der Waals surface area contributed by atoms with E-state index in [1.807, 2.05) is 24.3 Å². The molecule has 5 aromatic rings. The lowest BCUT2D eigenvalue weighted by atomic mass is 10.0. The third-order valence-corrected chi connectivity index (χ3v) is 6.30. The topological polar surface area (TPSA) is 107 Å². The van der Waals surface area contributed by atoms with Crippen LogP contribution < -0.4 is 0 Å². The van der Waals surface area contributed by atoms with E-state index in [0.29, 0.717) is 27.7 Å². The molecule has 0 aliphatic heterocycles. The quantitative estimate of drug-likeness (QED) is 0.194. The molecule has 190 valence electrons. The van der Waals surface area contributed by atoms with Gasteiger partial charge in [0.25, 0.3) is 0 Å². The Hall–Kier alpha value is -4.98. The molecule has 38 heavy (non-hydrogen) atoms. The minimum Gasteiger partial charge on any atom is -0.505 e. The molecule has 0 unspecified atom stereocenters. The predicted octanol–water partition coefficient (Wildman–Crippen LogP) is 7.91. The zero-order chi connectivity index (χ0) is 26.8. The summed E-state index contributed by atoms with van der Waals surface area (Å²) in [5.41, 5.74) is 3.49. The highest BCUT2D eigenvalue weighted by molar-refractivity contribution is 5.96. The second kappa shape index (κ2) is 10.2. The fourth-order valence-corrected chi connectivity index (χ4v) is 4.46. The van der Waals surface area contributed by atoms with Gasteiger partial charge in [-0.2, -0.15) is 0 Å². The molecule has 5 rings (SSSR count). The smallest absolute Gasteiger partial charge is 0.335 e. The van der Waals surface area contributed by atoms with Crippen molar-refractivity contribution in [3.8, 4) is 28.4 Å². The first-order chi connectivity index (χ1) is 18.4. The molecule has 1 aromatic heterocycles. The van der Waals surface area contributed by atoms with Crippen LogP contribution in [-0.4, -0.2) is 25.9 Å². The Bertz CT molecular complexity index is 1690. The van der Waals surface area contributed by atoms with Gasteiger partial charge in [-0.15, -0.1) is 10.2 Å². The van der Waals surface area contributed by atoms with Crippen LogP contribution in [0.4, 0.5) is 15.8 Å². The third kappa shape index (κ3) is 4.59. The number of rotatable bonds is 7. The number of hydrogen-bond acceptors (Lipinski definition) is 5. The normalized spacial score (nSPS) is 11.4. The largest absolute Gasteiger partial charge is 0.505 e. The summed E-state index contributed by atoms with van der Waals surface area (Å²) in [5, 5.41) is 40.1. The summed E-state index contributed by atoms with van der Waals surface area (Å²) in [6, 6.07) is 22.9. The summed E-state index contributed by atoms with van der Waals surface area (Å²) in [6.45, 7) is 2.10. The number of carboxylic acid groups (broad SMARTS) is 1. The molecule has 0 atom stereocenters. The van der Waals surface area contributed by atoms with Crippen LogP contribution in [0.15, 0.2) is 95.2 Å². The van der Waals surface area contributed by atoms with Crippen molar-refractivity contribution in [3.63, 3.8) is 0 Å². The number of para-hydroxylation sites is 1. The van der Waals surface area contributed by atoms with Crippen LogP contribution in [0.5, 0.6) is 11.6 Å². The number of aromatic hydroxyl groups is 2. The average molecular weight is 510 g/mol. The van der Waals surface area contributed by atoms with Crippen molar-refractivity contribution < 1.29 is 24.5 Å². The van der Waals surface area contributed by atoms with Gasteiger partial charge in [-0.1, -0.05) is 49.7 Å². The molecule has 7 nitrogen and oxygen atoms in total. The van der Waals surface area contributed by atoms with Crippen molar-refractivity contribution in [1.82, 2.24) is 4.57 Å². The Kier molecular flexibility index (Phi) is 6.62. The van der Waals surface area contributed by atoms with Crippen LogP contribution in [0.1, 0.15) is 29.3 Å². The summed E-state index contributed by atoms with van der Waals surface area (Å²) < 4.78 is 15.8. The van der Waals surface area contributed by atoms with Gasteiger partial charge in [0.15, 0.2) is 11.4 Å². The zero-order valence-electron chi connectivity index (χ0n) is 20.5. The minimum atomic E-state index is -1.08. The maximum absolute atomic E-state index is 14.2. The van der Waals surface area contributed by atoms with E-state index in [1.165, 1.54) is 35.9 Å². The number of fused-ring (bicyclic) bond motifs is 1. The second-order valence-corrected chi connectivity index (χ2v) is 8.84. The molecule has 0 fully saturated rings. The standard InChI is InChI=1S/C30H24FN3O4/c1-2-5-18-10-13-22(14-11-18)34-26-15-12-21(31)17-24(26)27(29(34)36)33-32-25-9-4-8-23(28(25)35)19-6-3-7-20(16-19)30(37)38/h3-4,6-17,35-36H,2,5H2,1H3,(H,37,38). The number of aromatic carboxylic acids is 1. The summed E-state index contributed by atoms with van der Waals surface area (Å²) in [5.74, 6) is -2.00. The van der Waals surface area contributed by atoms with Crippen molar-refractivity contribution >= 4 is 28.2 Å². The van der Waals surface area contributed by atoms with Gasteiger partial charge < -0.3 is 15.3 Å². The molecular formula is C30H24FN3O4. The molecule has 0 bridgehead atoms. The molecule has 3 N–H and O–H groups in total. The first-order valence-corrected chi connectivity index (χ1v) is 12.1. The predicted molar refractivity (Wildman–Crippen MR) is 144 cm³/mol. The molecule has 0 radical (unpaired) electrons. The maximum atomic E-state index is 14.2. The maximum Gasteiger partial charge on any atom is 0.335 e. The van der Waals surface area contributed by atoms with Crippen LogP contribution in [0.25, 0.3) is 27.7 Å². The van der Waals surface area contributed by atoms with Crippen LogP contribution >= 0.6 is 0 Å². The number of phenols is 1. The van der Waals surface area contributed by atoms with Crippen molar-refractivity contribution in [2.75, 3.05) is 0 Å². The molecule has 4 aromatic carbocycles. The molecule has 0 aliphatic rings. The Morgan fingerprint density at radius 3 is 2.42 bits per heavy atom. The Morgan fingerprint density at radius 2 is 1.68 bits per heavy atom. The van der Waals surface area contributed by atoms with E-state index in [0.717, 1.165) is 12.8 Å². The van der Waals surface area contributed by atoms with Gasteiger partial charge in [0.05, 0.1) is 11.1 Å². The second-order valence-electron chi connectivity index (χ2n) is 8.84. The average Bonchev–Trinajstić information content (AvgIpc) is 3.19. The van der Waals surface area contributed by atoms with Crippen LogP contribution in [0.3, 0.4) is 0 Å². The molecule has 0 saturated carbocycles. The van der Waals surface area contributed by atoms with Crippen LogP contribution in [-0.2, 0) is 6.42 Å². The number of hydrogen-bond donors (Lipinski definition) is 3. The zero-order valence-corrected chi connectivity index (χ0v) is 20.5. The highest BCUT2D eigenvalue weighted by Gasteiger charge is 2.19. The number of halogens is 1. The van der Waals surface area contributed by atoms with Gasteiger partial charge in [-0.3, -0.25) is 4.57 Å². The Morgan fingerprint density at radius 1 is 0.921 bits per heavy atom. The fourth-order valence-electron chi connectivity index (χ4n) is 4.46. The molecule has 0 amide bonds. The van der Waals surface area contributed by atoms with Crippen LogP contribution in [0, 0.1) is 5.82 Å². The highest BCUT2D eigenvalue weighted by atomic mass is 19.1. The first-order valence-electron chi connectivity index (χ1n) is 12.1. The van der Waals surface area contributed by atoms with Crippen molar-refractivity contribution in [1.29, 1.82) is 0 Å². The van der Waals surface area contributed by atoms with E-state index in [4.69, 9.17) is 0 Å². The summed E-state index contributed by atoms with van der Waals surface area (Å²) in [7, 11) is 0. The van der Waals surface area contributed by atoms with E-state index in [2.05, 4.69) is 17.2 Å². The van der Waals surface area contributed by atoms with E-state index < -0.39 is 11.8 Å².